The lowest BCUT2D eigenvalue weighted by Crippen LogP contribution is -2.43. The van der Waals surface area contributed by atoms with Gasteiger partial charge in [0.15, 0.2) is 0 Å². The molecule has 0 bridgehead atoms. The van der Waals surface area contributed by atoms with Crippen LogP contribution in [0.3, 0.4) is 0 Å². The normalized spacial score (nSPS) is 27.3. The van der Waals surface area contributed by atoms with Gasteiger partial charge in [-0.2, -0.15) is 0 Å². The van der Waals surface area contributed by atoms with E-state index < -0.39 is 5.67 Å². The summed E-state index contributed by atoms with van der Waals surface area (Å²) in [5.74, 6) is 0.0930. The van der Waals surface area contributed by atoms with Crippen molar-refractivity contribution in [1.29, 1.82) is 0 Å². The van der Waals surface area contributed by atoms with E-state index in [9.17, 15) is 0 Å². The third-order valence-corrected chi connectivity index (χ3v) is 4.34. The van der Waals surface area contributed by atoms with Crippen LogP contribution in [-0.4, -0.2) is 17.2 Å². The molecule has 1 heterocycles. The van der Waals surface area contributed by atoms with E-state index in [0.29, 0.717) is 0 Å². The molecule has 2 aliphatic carbocycles. The van der Waals surface area contributed by atoms with Crippen LogP contribution in [0.15, 0.2) is 18.3 Å². The van der Waals surface area contributed by atoms with Gasteiger partial charge in [-0.05, 0) is 49.7 Å². The molecule has 2 aliphatic rings. The first kappa shape index (κ1) is 11.1. The van der Waals surface area contributed by atoms with E-state index in [2.05, 4.69) is 11.1 Å². The van der Waals surface area contributed by atoms with Gasteiger partial charge in [0.25, 0.3) is 0 Å². The number of rotatable bonds is 3. The van der Waals surface area contributed by atoms with Gasteiger partial charge in [-0.3, -0.25) is 4.98 Å². The molecule has 0 spiro atoms. The van der Waals surface area contributed by atoms with Crippen LogP contribution in [0.25, 0.3) is 0 Å². The van der Waals surface area contributed by atoms with Crippen LogP contribution < -0.4 is 5.73 Å². The molecule has 0 amide bonds. The smallest absolute Gasteiger partial charge is 0.134 e. The first-order valence-corrected chi connectivity index (χ1v) is 6.58. The Kier molecular flexibility index (Phi) is 2.66. The summed E-state index contributed by atoms with van der Waals surface area (Å²) in [6.45, 7) is 0.137. The SMILES string of the molecule is NCC(F)(C1CC1)C1CCCc2cccnc21. The van der Waals surface area contributed by atoms with Crippen LogP contribution in [0.4, 0.5) is 4.39 Å². The van der Waals surface area contributed by atoms with E-state index in [4.69, 9.17) is 5.73 Å². The number of halogens is 1. The van der Waals surface area contributed by atoms with Crippen molar-refractivity contribution in [3.8, 4) is 0 Å². The standard InChI is InChI=1S/C14H19FN2/c15-14(9-16,11-6-7-11)12-5-1-3-10-4-2-8-17-13(10)12/h2,4,8,11-12H,1,3,5-7,9,16H2. The molecule has 2 nitrogen and oxygen atoms in total. The Morgan fingerprint density at radius 3 is 2.94 bits per heavy atom. The Balaban J connectivity index is 1.99. The molecule has 0 radical (unpaired) electrons. The van der Waals surface area contributed by atoms with Gasteiger partial charge in [-0.25, -0.2) is 4.39 Å². The highest BCUT2D eigenvalue weighted by molar-refractivity contribution is 5.30. The van der Waals surface area contributed by atoms with Crippen molar-refractivity contribution < 1.29 is 4.39 Å². The number of pyridine rings is 1. The molecular weight excluding hydrogens is 215 g/mol. The number of hydrogen-bond acceptors (Lipinski definition) is 2. The summed E-state index contributed by atoms with van der Waals surface area (Å²) in [6, 6.07) is 4.03. The zero-order valence-electron chi connectivity index (χ0n) is 10.0. The molecule has 92 valence electrons. The Bertz CT molecular complexity index is 416. The summed E-state index contributed by atoms with van der Waals surface area (Å²) in [5, 5.41) is 0. The van der Waals surface area contributed by atoms with Crippen molar-refractivity contribution in [3.05, 3.63) is 29.6 Å². The van der Waals surface area contributed by atoms with Gasteiger partial charge in [0.05, 0.1) is 0 Å². The minimum Gasteiger partial charge on any atom is -0.327 e. The topological polar surface area (TPSA) is 38.9 Å². The second-order valence-electron chi connectivity index (χ2n) is 5.40. The van der Waals surface area contributed by atoms with Crippen molar-refractivity contribution in [1.82, 2.24) is 4.98 Å². The number of alkyl halides is 1. The summed E-state index contributed by atoms with van der Waals surface area (Å²) in [7, 11) is 0. The van der Waals surface area contributed by atoms with E-state index in [1.54, 1.807) is 6.20 Å². The molecule has 3 rings (SSSR count). The van der Waals surface area contributed by atoms with Crippen molar-refractivity contribution in [2.24, 2.45) is 11.7 Å². The zero-order chi connectivity index (χ0) is 11.9. The molecular formula is C14H19FN2. The van der Waals surface area contributed by atoms with Gasteiger partial charge in [-0.15, -0.1) is 0 Å². The Morgan fingerprint density at radius 1 is 1.41 bits per heavy atom. The summed E-state index contributed by atoms with van der Waals surface area (Å²) in [5.41, 5.74) is 6.71. The van der Waals surface area contributed by atoms with Crippen molar-refractivity contribution in [2.75, 3.05) is 6.54 Å². The maximum atomic E-state index is 15.1. The number of aromatic nitrogens is 1. The molecule has 0 aliphatic heterocycles. The number of nitrogens with two attached hydrogens (primary N) is 1. The van der Waals surface area contributed by atoms with Gasteiger partial charge in [-0.1, -0.05) is 6.07 Å². The molecule has 1 fully saturated rings. The molecule has 3 heteroatoms. The van der Waals surface area contributed by atoms with Crippen molar-refractivity contribution in [2.45, 2.75) is 43.7 Å². The van der Waals surface area contributed by atoms with Crippen LogP contribution in [0.1, 0.15) is 42.9 Å². The van der Waals surface area contributed by atoms with Crippen LogP contribution in [-0.2, 0) is 6.42 Å². The molecule has 2 atom stereocenters. The Labute approximate surface area is 101 Å². The van der Waals surface area contributed by atoms with Crippen LogP contribution in [0, 0.1) is 5.92 Å². The largest absolute Gasteiger partial charge is 0.327 e. The maximum Gasteiger partial charge on any atom is 0.134 e. The van der Waals surface area contributed by atoms with E-state index in [-0.39, 0.29) is 18.4 Å². The first-order valence-electron chi connectivity index (χ1n) is 6.58. The average molecular weight is 234 g/mol. The van der Waals surface area contributed by atoms with Crippen LogP contribution in [0.2, 0.25) is 0 Å². The highest BCUT2D eigenvalue weighted by Gasteiger charge is 2.51. The van der Waals surface area contributed by atoms with Gasteiger partial charge >= 0.3 is 0 Å². The van der Waals surface area contributed by atoms with Crippen LogP contribution in [0.5, 0.6) is 0 Å². The molecule has 1 saturated carbocycles. The minimum atomic E-state index is -1.22. The molecule has 1 aromatic rings. The lowest BCUT2D eigenvalue weighted by Gasteiger charge is -2.36. The molecule has 1 aromatic heterocycles. The van der Waals surface area contributed by atoms with Gasteiger partial charge in [0.2, 0.25) is 0 Å². The molecule has 2 N–H and O–H groups in total. The number of hydrogen-bond donors (Lipinski definition) is 1. The Hall–Kier alpha value is -0.960. The van der Waals surface area contributed by atoms with Crippen LogP contribution >= 0.6 is 0 Å². The van der Waals surface area contributed by atoms with Gasteiger partial charge in [0.1, 0.15) is 5.67 Å². The van der Waals surface area contributed by atoms with Crippen molar-refractivity contribution in [3.63, 3.8) is 0 Å². The molecule has 0 saturated heterocycles. The molecule has 17 heavy (non-hydrogen) atoms. The fraction of sp³-hybridized carbons (Fsp3) is 0.643. The van der Waals surface area contributed by atoms with E-state index in [0.717, 1.165) is 37.8 Å². The monoisotopic (exact) mass is 234 g/mol. The predicted octanol–water partition coefficient (Wildman–Crippen LogP) is 2.58. The van der Waals surface area contributed by atoms with Gasteiger partial charge < -0.3 is 5.73 Å². The third-order valence-electron chi connectivity index (χ3n) is 4.34. The molecule has 2 unspecified atom stereocenters. The second-order valence-corrected chi connectivity index (χ2v) is 5.40. The zero-order valence-corrected chi connectivity index (χ0v) is 10.0. The highest BCUT2D eigenvalue weighted by atomic mass is 19.1. The summed E-state index contributed by atoms with van der Waals surface area (Å²) < 4.78 is 15.1. The minimum absolute atomic E-state index is 0.0788. The summed E-state index contributed by atoms with van der Waals surface area (Å²) in [6.07, 6.45) is 6.75. The summed E-state index contributed by atoms with van der Waals surface area (Å²) in [4.78, 5) is 4.43. The predicted molar refractivity (Wildman–Crippen MR) is 65.5 cm³/mol. The average Bonchev–Trinajstić information content (AvgIpc) is 3.22. The second kappa shape index (κ2) is 4.05. The number of nitrogens with zero attached hydrogens (tertiary/aromatic N) is 1. The number of fused-ring (bicyclic) bond motifs is 1. The summed E-state index contributed by atoms with van der Waals surface area (Å²) >= 11 is 0. The Morgan fingerprint density at radius 2 is 2.24 bits per heavy atom. The van der Waals surface area contributed by atoms with E-state index >= 15 is 4.39 Å². The van der Waals surface area contributed by atoms with E-state index in [1.165, 1.54) is 5.56 Å². The molecule has 0 aromatic carbocycles. The van der Waals surface area contributed by atoms with Crippen molar-refractivity contribution >= 4 is 0 Å². The number of aryl methyl sites for hydroxylation is 1. The lowest BCUT2D eigenvalue weighted by molar-refractivity contribution is 0.0927. The maximum absolute atomic E-state index is 15.1. The fourth-order valence-corrected chi connectivity index (χ4v) is 3.23. The first-order chi connectivity index (χ1) is 8.25. The fourth-order valence-electron chi connectivity index (χ4n) is 3.23. The van der Waals surface area contributed by atoms with E-state index in [1.807, 2.05) is 6.07 Å². The third kappa shape index (κ3) is 1.77. The quantitative estimate of drug-likeness (QED) is 0.873. The highest BCUT2D eigenvalue weighted by Crippen LogP contribution is 2.52. The lowest BCUT2D eigenvalue weighted by atomic mass is 9.74. The van der Waals surface area contributed by atoms with Gasteiger partial charge in [0, 0.05) is 24.4 Å².